The molecule has 2 heteroatoms. The van der Waals surface area contributed by atoms with Crippen LogP contribution in [0, 0.1) is 0 Å². The largest absolute Gasteiger partial charge is 0.361 e. The van der Waals surface area contributed by atoms with Crippen LogP contribution < -0.4 is 10.6 Å². The quantitative estimate of drug-likeness (QED) is 0.789. The Morgan fingerprint density at radius 2 is 2.42 bits per heavy atom. The second kappa shape index (κ2) is 3.76. The molecule has 1 aromatic rings. The monoisotopic (exact) mass is 225 g/mol. The van der Waals surface area contributed by atoms with Gasteiger partial charge in [-0.2, -0.15) is 0 Å². The van der Waals surface area contributed by atoms with E-state index in [0.717, 1.165) is 21.5 Å². The van der Waals surface area contributed by atoms with Gasteiger partial charge in [-0.15, -0.1) is 0 Å². The van der Waals surface area contributed by atoms with Gasteiger partial charge >= 0.3 is 0 Å². The number of hydrogen-bond acceptors (Lipinski definition) is 0. The summed E-state index contributed by atoms with van der Waals surface area (Å²) in [5, 5.41) is 2.09. The molecule has 0 aliphatic rings. The Morgan fingerprint density at radius 3 is 2.92 bits per heavy atom. The lowest BCUT2D eigenvalue weighted by Crippen LogP contribution is -2.24. The van der Waals surface area contributed by atoms with Gasteiger partial charge in [-0.25, -0.2) is 0 Å². The van der Waals surface area contributed by atoms with Gasteiger partial charge in [-0.1, -0.05) is 42.1 Å². The topological polar surface area (TPSA) is 15.8 Å². The molecule has 1 N–H and O–H groups in total. The van der Waals surface area contributed by atoms with Crippen LogP contribution >= 0.6 is 15.9 Å². The van der Waals surface area contributed by atoms with Crippen molar-refractivity contribution in [2.75, 3.05) is 0 Å². The van der Waals surface area contributed by atoms with E-state index in [9.17, 15) is 0 Å². The molecule has 0 aliphatic heterocycles. The van der Waals surface area contributed by atoms with E-state index in [0.29, 0.717) is 0 Å². The average Bonchev–Trinajstić information content (AvgIpc) is 2.45. The Hall–Kier alpha value is -0.760. The second-order valence-electron chi connectivity index (χ2n) is 2.57. The lowest BCUT2D eigenvalue weighted by Gasteiger charge is -1.90. The standard InChI is InChI=1S/C10H12BrN/c1-4-8-6-12-7(3)10(8)9(11)5-2/h5-6,12H,2-4H2,1H3/b10-9-. The van der Waals surface area contributed by atoms with Crippen molar-refractivity contribution in [1.82, 2.24) is 4.98 Å². The predicted octanol–water partition coefficient (Wildman–Crippen LogP) is 1.68. The Labute approximate surface area is 80.6 Å². The van der Waals surface area contributed by atoms with Crippen LogP contribution in [0.1, 0.15) is 12.5 Å². The minimum absolute atomic E-state index is 0.943. The zero-order valence-corrected chi connectivity index (χ0v) is 8.74. The third-order valence-corrected chi connectivity index (χ3v) is 2.56. The number of halogens is 1. The van der Waals surface area contributed by atoms with E-state index in [-0.39, 0.29) is 0 Å². The van der Waals surface area contributed by atoms with Crippen LogP contribution in [-0.4, -0.2) is 4.98 Å². The molecule has 1 rings (SSSR count). The van der Waals surface area contributed by atoms with Crippen molar-refractivity contribution in [3.63, 3.8) is 0 Å². The Kier molecular flexibility index (Phi) is 2.93. The van der Waals surface area contributed by atoms with Crippen LogP contribution in [0.2, 0.25) is 0 Å². The van der Waals surface area contributed by atoms with Crippen LogP contribution in [-0.2, 0) is 6.42 Å². The number of aromatic nitrogens is 1. The minimum atomic E-state index is 0.943. The minimum Gasteiger partial charge on any atom is -0.361 e. The van der Waals surface area contributed by atoms with Crippen LogP contribution in [0.5, 0.6) is 0 Å². The Morgan fingerprint density at radius 1 is 1.75 bits per heavy atom. The van der Waals surface area contributed by atoms with Gasteiger partial charge in [-0.05, 0) is 12.0 Å². The predicted molar refractivity (Wildman–Crippen MR) is 57.5 cm³/mol. The summed E-state index contributed by atoms with van der Waals surface area (Å²) in [6, 6.07) is 0. The molecule has 0 radical (unpaired) electrons. The van der Waals surface area contributed by atoms with Gasteiger partial charge in [0.15, 0.2) is 0 Å². The molecule has 0 unspecified atom stereocenters. The zero-order chi connectivity index (χ0) is 9.14. The smallest absolute Gasteiger partial charge is 0.0395 e. The number of nitrogens with one attached hydrogen (secondary N) is 1. The fraction of sp³-hybridized carbons (Fsp3) is 0.200. The summed E-state index contributed by atoms with van der Waals surface area (Å²) in [5.41, 5.74) is 1.27. The molecule has 0 saturated heterocycles. The summed E-state index contributed by atoms with van der Waals surface area (Å²) < 4.78 is 1.01. The zero-order valence-electron chi connectivity index (χ0n) is 7.15. The molecule has 0 fully saturated rings. The molecule has 0 bridgehead atoms. The van der Waals surface area contributed by atoms with E-state index >= 15 is 0 Å². The van der Waals surface area contributed by atoms with E-state index in [4.69, 9.17) is 0 Å². The van der Waals surface area contributed by atoms with Crippen molar-refractivity contribution in [2.24, 2.45) is 0 Å². The van der Waals surface area contributed by atoms with Gasteiger partial charge in [-0.3, -0.25) is 0 Å². The van der Waals surface area contributed by atoms with Gasteiger partial charge in [0, 0.05) is 21.2 Å². The molecular formula is C10H12BrN. The van der Waals surface area contributed by atoms with E-state index < -0.39 is 0 Å². The molecule has 1 nitrogen and oxygen atoms in total. The lowest BCUT2D eigenvalue weighted by molar-refractivity contribution is 1.13. The molecule has 64 valence electrons. The number of hydrogen-bond donors (Lipinski definition) is 1. The molecular weight excluding hydrogens is 214 g/mol. The molecule has 0 amide bonds. The highest BCUT2D eigenvalue weighted by Crippen LogP contribution is 2.04. The number of H-pyrrole nitrogens is 1. The molecule has 0 spiro atoms. The van der Waals surface area contributed by atoms with E-state index in [1.807, 2.05) is 6.20 Å². The molecule has 1 heterocycles. The maximum absolute atomic E-state index is 3.90. The molecule has 0 saturated carbocycles. The number of allylic oxidation sites excluding steroid dienone is 1. The third-order valence-electron chi connectivity index (χ3n) is 1.84. The SMILES string of the molecule is C=C/C(Br)=c1/c(CC)c[nH]c1=C. The Bertz CT molecular complexity index is 386. The first-order chi connectivity index (χ1) is 5.70. The van der Waals surface area contributed by atoms with Crippen LogP contribution in [0.25, 0.3) is 11.1 Å². The van der Waals surface area contributed by atoms with Crippen molar-refractivity contribution < 1.29 is 0 Å². The highest BCUT2D eigenvalue weighted by atomic mass is 79.9. The van der Waals surface area contributed by atoms with Crippen molar-refractivity contribution in [3.8, 4) is 0 Å². The highest BCUT2D eigenvalue weighted by molar-refractivity contribution is 9.15. The summed E-state index contributed by atoms with van der Waals surface area (Å²) in [7, 11) is 0. The van der Waals surface area contributed by atoms with E-state index in [2.05, 4.69) is 41.0 Å². The van der Waals surface area contributed by atoms with Crippen LogP contribution in [0.4, 0.5) is 0 Å². The summed E-state index contributed by atoms with van der Waals surface area (Å²) in [5.74, 6) is 0. The maximum Gasteiger partial charge on any atom is 0.0395 e. The third kappa shape index (κ3) is 1.53. The first-order valence-electron chi connectivity index (χ1n) is 3.88. The van der Waals surface area contributed by atoms with Gasteiger partial charge in [0.1, 0.15) is 0 Å². The summed E-state index contributed by atoms with van der Waals surface area (Å²) in [6.45, 7) is 9.73. The Balaban J connectivity index is 3.59. The summed E-state index contributed by atoms with van der Waals surface area (Å²) >= 11 is 3.45. The first kappa shape index (κ1) is 9.33. The number of aromatic amines is 1. The molecule has 0 atom stereocenters. The highest BCUT2D eigenvalue weighted by Gasteiger charge is 1.97. The van der Waals surface area contributed by atoms with Crippen molar-refractivity contribution in [2.45, 2.75) is 13.3 Å². The normalized spacial score (nSPS) is 12.8. The average molecular weight is 226 g/mol. The fourth-order valence-electron chi connectivity index (χ4n) is 1.19. The van der Waals surface area contributed by atoms with Crippen molar-refractivity contribution >= 4 is 27.0 Å². The second-order valence-corrected chi connectivity index (χ2v) is 3.43. The van der Waals surface area contributed by atoms with Crippen molar-refractivity contribution in [1.29, 1.82) is 0 Å². The van der Waals surface area contributed by atoms with Crippen LogP contribution in [0.3, 0.4) is 0 Å². The fourth-order valence-corrected chi connectivity index (χ4v) is 1.68. The first-order valence-corrected chi connectivity index (χ1v) is 4.67. The van der Waals surface area contributed by atoms with Gasteiger partial charge < -0.3 is 4.98 Å². The van der Waals surface area contributed by atoms with E-state index in [1.54, 1.807) is 6.08 Å². The van der Waals surface area contributed by atoms with Crippen LogP contribution in [0.15, 0.2) is 18.9 Å². The molecule has 1 aromatic heterocycles. The van der Waals surface area contributed by atoms with E-state index in [1.165, 1.54) is 5.56 Å². The molecule has 0 aromatic carbocycles. The van der Waals surface area contributed by atoms with Gasteiger partial charge in [0.25, 0.3) is 0 Å². The number of rotatable bonds is 2. The summed E-state index contributed by atoms with van der Waals surface area (Å²) in [4.78, 5) is 3.09. The summed E-state index contributed by atoms with van der Waals surface area (Å²) in [6.07, 6.45) is 4.78. The van der Waals surface area contributed by atoms with Crippen molar-refractivity contribution in [3.05, 3.63) is 35.0 Å². The van der Waals surface area contributed by atoms with Gasteiger partial charge in [0.2, 0.25) is 0 Å². The van der Waals surface area contributed by atoms with Gasteiger partial charge in [0.05, 0.1) is 0 Å². The number of aryl methyl sites for hydroxylation is 1. The molecule has 0 aliphatic carbocycles. The lowest BCUT2D eigenvalue weighted by atomic mass is 10.2. The molecule has 12 heavy (non-hydrogen) atoms. The maximum atomic E-state index is 3.90.